The zero-order valence-electron chi connectivity index (χ0n) is 11.3. The van der Waals surface area contributed by atoms with Gasteiger partial charge in [0, 0.05) is 12.0 Å². The Hall–Kier alpha value is -1.35. The summed E-state index contributed by atoms with van der Waals surface area (Å²) in [5.74, 6) is 0.436. The number of carbonyl (C=O) groups is 1. The van der Waals surface area contributed by atoms with E-state index in [1.807, 2.05) is 0 Å². The third-order valence-corrected chi connectivity index (χ3v) is 4.40. The summed E-state index contributed by atoms with van der Waals surface area (Å²) in [6.07, 6.45) is 5.07. The molecule has 1 unspecified atom stereocenters. The standard InChI is InChI=1S/C16H22N2O/c19-16(18-15-7-9-17-10-8-15)14-6-5-12-3-1-2-4-13(12)11-14/h1-4,14-15,17H,5-11H2,(H,18,19). The molecule has 0 saturated carbocycles. The molecule has 102 valence electrons. The molecule has 0 spiro atoms. The zero-order chi connectivity index (χ0) is 13.1. The summed E-state index contributed by atoms with van der Waals surface area (Å²) < 4.78 is 0. The lowest BCUT2D eigenvalue weighted by Crippen LogP contribution is -2.45. The van der Waals surface area contributed by atoms with Crippen LogP contribution in [0.15, 0.2) is 24.3 Å². The van der Waals surface area contributed by atoms with E-state index >= 15 is 0 Å². The van der Waals surface area contributed by atoms with Crippen LogP contribution in [0.2, 0.25) is 0 Å². The van der Waals surface area contributed by atoms with Crippen LogP contribution in [0.3, 0.4) is 0 Å². The van der Waals surface area contributed by atoms with Crippen molar-refractivity contribution in [2.75, 3.05) is 13.1 Å². The molecule has 3 heteroatoms. The molecule has 0 bridgehead atoms. The number of amides is 1. The van der Waals surface area contributed by atoms with Crippen LogP contribution >= 0.6 is 0 Å². The van der Waals surface area contributed by atoms with Crippen molar-refractivity contribution in [3.05, 3.63) is 35.4 Å². The lowest BCUT2D eigenvalue weighted by atomic mass is 9.83. The van der Waals surface area contributed by atoms with E-state index < -0.39 is 0 Å². The maximum Gasteiger partial charge on any atom is 0.223 e. The summed E-state index contributed by atoms with van der Waals surface area (Å²) in [5.41, 5.74) is 2.78. The van der Waals surface area contributed by atoms with Crippen molar-refractivity contribution >= 4 is 5.91 Å². The third kappa shape index (κ3) is 2.98. The predicted molar refractivity (Wildman–Crippen MR) is 76.0 cm³/mol. The lowest BCUT2D eigenvalue weighted by Gasteiger charge is -2.28. The Labute approximate surface area is 114 Å². The van der Waals surface area contributed by atoms with E-state index in [4.69, 9.17) is 0 Å². The van der Waals surface area contributed by atoms with Crippen LogP contribution in [0.4, 0.5) is 0 Å². The van der Waals surface area contributed by atoms with E-state index in [9.17, 15) is 4.79 Å². The van der Waals surface area contributed by atoms with Gasteiger partial charge in [-0.3, -0.25) is 4.79 Å². The van der Waals surface area contributed by atoms with Gasteiger partial charge >= 0.3 is 0 Å². The number of fused-ring (bicyclic) bond motifs is 1. The van der Waals surface area contributed by atoms with E-state index in [2.05, 4.69) is 34.9 Å². The van der Waals surface area contributed by atoms with Crippen LogP contribution in [0.1, 0.15) is 30.4 Å². The van der Waals surface area contributed by atoms with Gasteiger partial charge < -0.3 is 10.6 Å². The molecule has 19 heavy (non-hydrogen) atoms. The predicted octanol–water partition coefficient (Wildman–Crippen LogP) is 1.66. The number of aryl methyl sites for hydroxylation is 1. The van der Waals surface area contributed by atoms with Gasteiger partial charge in [-0.25, -0.2) is 0 Å². The quantitative estimate of drug-likeness (QED) is 0.847. The number of hydrogen-bond donors (Lipinski definition) is 2. The molecule has 1 fully saturated rings. The molecule has 2 aliphatic rings. The van der Waals surface area contributed by atoms with Gasteiger partial charge in [0.15, 0.2) is 0 Å². The van der Waals surface area contributed by atoms with E-state index in [0.717, 1.165) is 45.2 Å². The summed E-state index contributed by atoms with van der Waals surface area (Å²) in [6, 6.07) is 8.90. The van der Waals surface area contributed by atoms with Crippen LogP contribution < -0.4 is 10.6 Å². The minimum Gasteiger partial charge on any atom is -0.353 e. The van der Waals surface area contributed by atoms with Crippen molar-refractivity contribution in [1.29, 1.82) is 0 Å². The molecule has 0 radical (unpaired) electrons. The first kappa shape index (κ1) is 12.7. The Bertz CT molecular complexity index is 452. The molecule has 1 amide bonds. The second-order valence-electron chi connectivity index (χ2n) is 5.74. The lowest BCUT2D eigenvalue weighted by molar-refractivity contribution is -0.126. The average molecular weight is 258 g/mol. The van der Waals surface area contributed by atoms with Crippen LogP contribution in [0.25, 0.3) is 0 Å². The molecule has 1 atom stereocenters. The first-order valence-corrected chi connectivity index (χ1v) is 7.41. The summed E-state index contributed by atoms with van der Waals surface area (Å²) in [5, 5.41) is 6.57. The summed E-state index contributed by atoms with van der Waals surface area (Å²) in [4.78, 5) is 12.3. The fourth-order valence-electron chi connectivity index (χ4n) is 3.21. The molecular formula is C16H22N2O. The smallest absolute Gasteiger partial charge is 0.223 e. The summed E-state index contributed by atoms with van der Waals surface area (Å²) >= 11 is 0. The fraction of sp³-hybridized carbons (Fsp3) is 0.562. The second kappa shape index (κ2) is 5.74. The van der Waals surface area contributed by atoms with Crippen LogP contribution in [0.5, 0.6) is 0 Å². The molecule has 1 aromatic rings. The molecule has 1 heterocycles. The normalized spacial score (nSPS) is 23.7. The van der Waals surface area contributed by atoms with Gasteiger partial charge in [0.1, 0.15) is 0 Å². The first-order valence-electron chi connectivity index (χ1n) is 7.41. The number of benzene rings is 1. The fourth-order valence-corrected chi connectivity index (χ4v) is 3.21. The van der Waals surface area contributed by atoms with E-state index in [-0.39, 0.29) is 11.8 Å². The van der Waals surface area contributed by atoms with Crippen LogP contribution in [-0.4, -0.2) is 25.0 Å². The summed E-state index contributed by atoms with van der Waals surface area (Å²) in [6.45, 7) is 2.05. The van der Waals surface area contributed by atoms with Gasteiger partial charge in [0.05, 0.1) is 0 Å². The van der Waals surface area contributed by atoms with Gasteiger partial charge in [0.25, 0.3) is 0 Å². The Morgan fingerprint density at radius 2 is 1.84 bits per heavy atom. The molecule has 3 rings (SSSR count). The Morgan fingerprint density at radius 1 is 1.11 bits per heavy atom. The minimum atomic E-state index is 0.171. The Balaban J connectivity index is 1.59. The van der Waals surface area contributed by atoms with Gasteiger partial charge in [-0.15, -0.1) is 0 Å². The third-order valence-electron chi connectivity index (χ3n) is 4.40. The highest BCUT2D eigenvalue weighted by molar-refractivity contribution is 5.79. The van der Waals surface area contributed by atoms with Gasteiger partial charge in [0.2, 0.25) is 5.91 Å². The molecule has 1 aromatic carbocycles. The van der Waals surface area contributed by atoms with Gasteiger partial charge in [-0.2, -0.15) is 0 Å². The molecule has 1 aliphatic heterocycles. The Kier molecular flexibility index (Phi) is 3.83. The van der Waals surface area contributed by atoms with Crippen molar-refractivity contribution in [3.63, 3.8) is 0 Å². The number of rotatable bonds is 2. The maximum absolute atomic E-state index is 12.3. The average Bonchev–Trinajstić information content (AvgIpc) is 2.48. The monoisotopic (exact) mass is 258 g/mol. The van der Waals surface area contributed by atoms with E-state index in [1.54, 1.807) is 0 Å². The second-order valence-corrected chi connectivity index (χ2v) is 5.74. The summed E-state index contributed by atoms with van der Waals surface area (Å²) in [7, 11) is 0. The molecule has 2 N–H and O–H groups in total. The van der Waals surface area contributed by atoms with Gasteiger partial charge in [-0.05, 0) is 56.3 Å². The van der Waals surface area contributed by atoms with Crippen molar-refractivity contribution in [2.24, 2.45) is 5.92 Å². The van der Waals surface area contributed by atoms with Crippen molar-refractivity contribution in [2.45, 2.75) is 38.1 Å². The molecule has 1 aliphatic carbocycles. The minimum absolute atomic E-state index is 0.171. The topological polar surface area (TPSA) is 41.1 Å². The van der Waals surface area contributed by atoms with Crippen LogP contribution in [-0.2, 0) is 17.6 Å². The maximum atomic E-state index is 12.3. The number of piperidine rings is 1. The van der Waals surface area contributed by atoms with E-state index in [1.165, 1.54) is 11.1 Å². The Morgan fingerprint density at radius 3 is 2.63 bits per heavy atom. The van der Waals surface area contributed by atoms with Gasteiger partial charge in [-0.1, -0.05) is 24.3 Å². The largest absolute Gasteiger partial charge is 0.353 e. The molecule has 0 aromatic heterocycles. The SMILES string of the molecule is O=C(NC1CCNCC1)C1CCc2ccccc2C1. The number of nitrogens with one attached hydrogen (secondary N) is 2. The highest BCUT2D eigenvalue weighted by atomic mass is 16.1. The molecule has 3 nitrogen and oxygen atoms in total. The number of hydrogen-bond acceptors (Lipinski definition) is 2. The molecule has 1 saturated heterocycles. The highest BCUT2D eigenvalue weighted by Crippen LogP contribution is 2.25. The van der Waals surface area contributed by atoms with Crippen molar-refractivity contribution < 1.29 is 4.79 Å². The molecular weight excluding hydrogens is 236 g/mol. The van der Waals surface area contributed by atoms with Crippen molar-refractivity contribution in [3.8, 4) is 0 Å². The number of carbonyl (C=O) groups excluding carboxylic acids is 1. The van der Waals surface area contributed by atoms with Crippen molar-refractivity contribution in [1.82, 2.24) is 10.6 Å². The van der Waals surface area contributed by atoms with E-state index in [0.29, 0.717) is 6.04 Å². The first-order chi connectivity index (χ1) is 9.33. The highest BCUT2D eigenvalue weighted by Gasteiger charge is 2.26. The van der Waals surface area contributed by atoms with Crippen LogP contribution in [0, 0.1) is 5.92 Å². The zero-order valence-corrected chi connectivity index (χ0v) is 11.3.